The van der Waals surface area contributed by atoms with Gasteiger partial charge in [-0.25, -0.2) is 0 Å². The predicted octanol–water partition coefficient (Wildman–Crippen LogP) is 4.96. The van der Waals surface area contributed by atoms with Crippen molar-refractivity contribution in [1.82, 2.24) is 5.32 Å². The van der Waals surface area contributed by atoms with E-state index in [0.717, 1.165) is 17.8 Å². The monoisotopic (exact) mass is 279 g/mol. The maximum atomic E-state index is 3.66. The molecule has 2 heteroatoms. The molecule has 1 aliphatic carbocycles. The Morgan fingerprint density at radius 1 is 1.37 bits per heavy atom. The minimum Gasteiger partial charge on any atom is -0.314 e. The quantitative estimate of drug-likeness (QED) is 0.803. The van der Waals surface area contributed by atoms with Crippen LogP contribution in [0.25, 0.3) is 0 Å². The molecule has 108 valence electrons. The molecule has 1 aliphatic rings. The third kappa shape index (κ3) is 3.82. The van der Waals surface area contributed by atoms with E-state index in [-0.39, 0.29) is 0 Å². The second-order valence-electron chi connectivity index (χ2n) is 6.45. The lowest BCUT2D eigenvalue weighted by molar-refractivity contribution is 0.222. The smallest absolute Gasteiger partial charge is 0.00491 e. The van der Waals surface area contributed by atoms with E-state index in [9.17, 15) is 0 Å². The van der Waals surface area contributed by atoms with Crippen LogP contribution in [0.5, 0.6) is 0 Å². The van der Waals surface area contributed by atoms with E-state index in [1.165, 1.54) is 37.1 Å². The molecule has 1 nitrogen and oxygen atoms in total. The second-order valence-corrected chi connectivity index (χ2v) is 7.57. The molecule has 2 rings (SSSR count). The standard InChI is InChI=1S/C17H29NS/c1-5-14-6-7-15(11-18-12(2)3)17(10-14)16-8-9-19-13(16)4/h8-9,12,14-15,17-18H,5-7,10-11H2,1-4H3. The van der Waals surface area contributed by atoms with Gasteiger partial charge >= 0.3 is 0 Å². The average Bonchev–Trinajstić information content (AvgIpc) is 2.82. The minimum atomic E-state index is 0.605. The maximum absolute atomic E-state index is 3.66. The summed E-state index contributed by atoms with van der Waals surface area (Å²) < 4.78 is 0. The fourth-order valence-electron chi connectivity index (χ4n) is 3.48. The molecule has 0 aromatic carbocycles. The first-order chi connectivity index (χ1) is 9.11. The lowest BCUT2D eigenvalue weighted by atomic mass is 9.70. The SMILES string of the molecule is CCC1CCC(CNC(C)C)C(c2ccsc2C)C1. The molecule has 1 aromatic rings. The van der Waals surface area contributed by atoms with E-state index in [1.54, 1.807) is 5.56 Å². The van der Waals surface area contributed by atoms with Gasteiger partial charge in [0.2, 0.25) is 0 Å². The van der Waals surface area contributed by atoms with E-state index in [0.29, 0.717) is 6.04 Å². The third-order valence-electron chi connectivity index (χ3n) is 4.77. The second kappa shape index (κ2) is 6.90. The highest BCUT2D eigenvalue weighted by molar-refractivity contribution is 7.10. The van der Waals surface area contributed by atoms with Gasteiger partial charge in [0.15, 0.2) is 0 Å². The molecule has 0 radical (unpaired) electrons. The van der Waals surface area contributed by atoms with Crippen molar-refractivity contribution >= 4 is 11.3 Å². The van der Waals surface area contributed by atoms with Crippen molar-refractivity contribution in [2.24, 2.45) is 11.8 Å². The molecule has 0 amide bonds. The van der Waals surface area contributed by atoms with Crippen molar-refractivity contribution in [3.8, 4) is 0 Å². The van der Waals surface area contributed by atoms with E-state index >= 15 is 0 Å². The van der Waals surface area contributed by atoms with Gasteiger partial charge in [-0.15, -0.1) is 11.3 Å². The fraction of sp³-hybridized carbons (Fsp3) is 0.765. The van der Waals surface area contributed by atoms with Gasteiger partial charge in [0.1, 0.15) is 0 Å². The van der Waals surface area contributed by atoms with Crippen molar-refractivity contribution in [2.45, 2.75) is 65.3 Å². The summed E-state index contributed by atoms with van der Waals surface area (Å²) in [6, 6.07) is 2.98. The van der Waals surface area contributed by atoms with Crippen LogP contribution in [0.3, 0.4) is 0 Å². The van der Waals surface area contributed by atoms with Gasteiger partial charge in [0.05, 0.1) is 0 Å². The number of thiophene rings is 1. The van der Waals surface area contributed by atoms with Gasteiger partial charge in [-0.3, -0.25) is 0 Å². The van der Waals surface area contributed by atoms with E-state index in [1.807, 2.05) is 11.3 Å². The van der Waals surface area contributed by atoms with Crippen molar-refractivity contribution in [2.75, 3.05) is 6.54 Å². The summed E-state index contributed by atoms with van der Waals surface area (Å²) in [6.45, 7) is 10.3. The molecule has 3 unspecified atom stereocenters. The summed E-state index contributed by atoms with van der Waals surface area (Å²) in [5, 5.41) is 5.93. The Kier molecular flexibility index (Phi) is 5.47. The van der Waals surface area contributed by atoms with Crippen LogP contribution in [0.15, 0.2) is 11.4 Å². The van der Waals surface area contributed by atoms with Crippen molar-refractivity contribution in [3.05, 3.63) is 21.9 Å². The van der Waals surface area contributed by atoms with Crippen LogP contribution in [0, 0.1) is 18.8 Å². The summed E-state index contributed by atoms with van der Waals surface area (Å²) in [5.41, 5.74) is 1.64. The third-order valence-corrected chi connectivity index (χ3v) is 5.63. The minimum absolute atomic E-state index is 0.605. The number of hydrogen-bond acceptors (Lipinski definition) is 2. The lowest BCUT2D eigenvalue weighted by Crippen LogP contribution is -2.35. The van der Waals surface area contributed by atoms with Crippen LogP contribution in [-0.2, 0) is 0 Å². The molecular weight excluding hydrogens is 250 g/mol. The zero-order valence-electron chi connectivity index (χ0n) is 12.9. The van der Waals surface area contributed by atoms with Crippen LogP contribution in [0.2, 0.25) is 0 Å². The van der Waals surface area contributed by atoms with Gasteiger partial charge < -0.3 is 5.32 Å². The van der Waals surface area contributed by atoms with Gasteiger partial charge in [0, 0.05) is 10.9 Å². The molecule has 3 atom stereocenters. The largest absolute Gasteiger partial charge is 0.314 e. The summed E-state index contributed by atoms with van der Waals surface area (Å²) in [6.07, 6.45) is 5.58. The van der Waals surface area contributed by atoms with Gasteiger partial charge in [0.25, 0.3) is 0 Å². The predicted molar refractivity (Wildman–Crippen MR) is 86.1 cm³/mol. The molecule has 1 aromatic heterocycles. The van der Waals surface area contributed by atoms with Crippen LogP contribution >= 0.6 is 11.3 Å². The van der Waals surface area contributed by atoms with Crippen LogP contribution in [0.4, 0.5) is 0 Å². The Morgan fingerprint density at radius 2 is 2.16 bits per heavy atom. The lowest BCUT2D eigenvalue weighted by Gasteiger charge is -2.37. The van der Waals surface area contributed by atoms with Crippen molar-refractivity contribution < 1.29 is 0 Å². The fourth-order valence-corrected chi connectivity index (χ4v) is 4.26. The maximum Gasteiger partial charge on any atom is 0.00491 e. The number of hydrogen-bond donors (Lipinski definition) is 1. The van der Waals surface area contributed by atoms with Gasteiger partial charge in [-0.05, 0) is 61.1 Å². The topological polar surface area (TPSA) is 12.0 Å². The van der Waals surface area contributed by atoms with Crippen molar-refractivity contribution in [1.29, 1.82) is 0 Å². The molecule has 0 aliphatic heterocycles. The van der Waals surface area contributed by atoms with Crippen LogP contribution < -0.4 is 5.32 Å². The Labute approximate surface area is 122 Å². The average molecular weight is 279 g/mol. The number of nitrogens with one attached hydrogen (secondary N) is 1. The zero-order chi connectivity index (χ0) is 13.8. The molecule has 1 heterocycles. The Hall–Kier alpha value is -0.340. The van der Waals surface area contributed by atoms with Crippen LogP contribution in [0.1, 0.15) is 62.8 Å². The molecule has 1 N–H and O–H groups in total. The molecule has 1 saturated carbocycles. The van der Waals surface area contributed by atoms with Gasteiger partial charge in [-0.1, -0.05) is 33.6 Å². The molecule has 0 spiro atoms. The first kappa shape index (κ1) is 15.1. The molecule has 0 bridgehead atoms. The number of rotatable bonds is 5. The summed E-state index contributed by atoms with van der Waals surface area (Å²) >= 11 is 1.91. The summed E-state index contributed by atoms with van der Waals surface area (Å²) in [4.78, 5) is 1.54. The summed E-state index contributed by atoms with van der Waals surface area (Å²) in [5.74, 6) is 2.56. The van der Waals surface area contributed by atoms with E-state index in [2.05, 4.69) is 44.5 Å². The number of aryl methyl sites for hydroxylation is 1. The Bertz CT molecular complexity index is 382. The highest BCUT2D eigenvalue weighted by Gasteiger charge is 2.31. The van der Waals surface area contributed by atoms with E-state index < -0.39 is 0 Å². The first-order valence-electron chi connectivity index (χ1n) is 7.89. The Balaban J connectivity index is 2.09. The molecule has 1 fully saturated rings. The molecular formula is C17H29NS. The summed E-state index contributed by atoms with van der Waals surface area (Å²) in [7, 11) is 0. The molecule has 19 heavy (non-hydrogen) atoms. The first-order valence-corrected chi connectivity index (χ1v) is 8.77. The van der Waals surface area contributed by atoms with E-state index in [4.69, 9.17) is 0 Å². The normalized spacial score (nSPS) is 27.9. The van der Waals surface area contributed by atoms with Gasteiger partial charge in [-0.2, -0.15) is 0 Å². The zero-order valence-corrected chi connectivity index (χ0v) is 13.7. The highest BCUT2D eigenvalue weighted by Crippen LogP contribution is 2.43. The molecule has 0 saturated heterocycles. The highest BCUT2D eigenvalue weighted by atomic mass is 32.1. The Morgan fingerprint density at radius 3 is 2.74 bits per heavy atom. The van der Waals surface area contributed by atoms with Crippen molar-refractivity contribution in [3.63, 3.8) is 0 Å². The van der Waals surface area contributed by atoms with Crippen LogP contribution in [-0.4, -0.2) is 12.6 Å².